The quantitative estimate of drug-likeness (QED) is 0.868. The van der Waals surface area contributed by atoms with E-state index < -0.39 is 11.6 Å². The average molecular weight is 355 g/mol. The number of hydrogen-bond acceptors (Lipinski definition) is 2. The maximum atomic E-state index is 13.6. The van der Waals surface area contributed by atoms with Crippen molar-refractivity contribution in [3.63, 3.8) is 0 Å². The van der Waals surface area contributed by atoms with Gasteiger partial charge < -0.3 is 10.6 Å². The lowest BCUT2D eigenvalue weighted by Crippen LogP contribution is -2.22. The van der Waals surface area contributed by atoms with Crippen LogP contribution >= 0.6 is 15.9 Å². The van der Waals surface area contributed by atoms with Crippen LogP contribution in [0.1, 0.15) is 5.56 Å². The van der Waals surface area contributed by atoms with Crippen LogP contribution in [0.3, 0.4) is 0 Å². The molecular formula is C15H13BrF2N2O. The lowest BCUT2D eigenvalue weighted by molar-refractivity contribution is -0.114. The highest BCUT2D eigenvalue weighted by Gasteiger charge is 2.11. The molecule has 2 N–H and O–H groups in total. The van der Waals surface area contributed by atoms with Crippen LogP contribution in [0.4, 0.5) is 20.2 Å². The van der Waals surface area contributed by atoms with Crippen molar-refractivity contribution >= 4 is 33.2 Å². The molecule has 110 valence electrons. The summed E-state index contributed by atoms with van der Waals surface area (Å²) in [6.07, 6.45) is 0. The predicted molar refractivity (Wildman–Crippen MR) is 82.4 cm³/mol. The Balaban J connectivity index is 1.97. The zero-order chi connectivity index (χ0) is 15.4. The van der Waals surface area contributed by atoms with E-state index in [1.54, 1.807) is 12.1 Å². The number of halogens is 3. The Morgan fingerprint density at radius 2 is 1.71 bits per heavy atom. The van der Waals surface area contributed by atoms with Crippen LogP contribution < -0.4 is 10.6 Å². The Morgan fingerprint density at radius 1 is 1.14 bits per heavy atom. The van der Waals surface area contributed by atoms with Gasteiger partial charge in [-0.3, -0.25) is 4.79 Å². The molecule has 0 saturated heterocycles. The summed E-state index contributed by atoms with van der Waals surface area (Å²) >= 11 is 2.99. The Bertz CT molecular complexity index is 636. The molecule has 0 radical (unpaired) electrons. The van der Waals surface area contributed by atoms with Crippen LogP contribution in [0.25, 0.3) is 0 Å². The fraction of sp³-hybridized carbons (Fsp3) is 0.133. The highest BCUT2D eigenvalue weighted by atomic mass is 79.9. The van der Waals surface area contributed by atoms with Crippen molar-refractivity contribution in [3.8, 4) is 0 Å². The third-order valence-corrected chi connectivity index (χ3v) is 3.23. The predicted octanol–water partition coefficient (Wildman–Crippen LogP) is 4.09. The Kier molecular flexibility index (Phi) is 4.90. The molecule has 0 bridgehead atoms. The number of carbonyl (C=O) groups is 1. The zero-order valence-electron chi connectivity index (χ0n) is 11.2. The van der Waals surface area contributed by atoms with Gasteiger partial charge in [0.1, 0.15) is 17.3 Å². The molecule has 1 amide bonds. The van der Waals surface area contributed by atoms with E-state index in [2.05, 4.69) is 26.6 Å². The molecule has 21 heavy (non-hydrogen) atoms. The molecule has 0 atom stereocenters. The van der Waals surface area contributed by atoms with Gasteiger partial charge in [-0.25, -0.2) is 8.78 Å². The summed E-state index contributed by atoms with van der Waals surface area (Å²) < 4.78 is 27.4. The third kappa shape index (κ3) is 4.26. The summed E-state index contributed by atoms with van der Waals surface area (Å²) in [5, 5.41) is 5.09. The van der Waals surface area contributed by atoms with E-state index in [4.69, 9.17) is 0 Å². The molecule has 3 nitrogen and oxygen atoms in total. The molecule has 0 aromatic heterocycles. The first-order valence-electron chi connectivity index (χ1n) is 6.20. The van der Waals surface area contributed by atoms with E-state index in [9.17, 15) is 13.6 Å². The second kappa shape index (κ2) is 6.67. The first-order chi connectivity index (χ1) is 9.95. The van der Waals surface area contributed by atoms with Gasteiger partial charge in [0.2, 0.25) is 5.91 Å². The monoisotopic (exact) mass is 354 g/mol. The minimum atomic E-state index is -0.759. The normalized spacial score (nSPS) is 10.3. The summed E-state index contributed by atoms with van der Waals surface area (Å²) in [7, 11) is 0. The fourth-order valence-electron chi connectivity index (χ4n) is 1.72. The first-order valence-corrected chi connectivity index (χ1v) is 7.00. The van der Waals surface area contributed by atoms with Crippen LogP contribution in [0.5, 0.6) is 0 Å². The van der Waals surface area contributed by atoms with Gasteiger partial charge in [0, 0.05) is 10.2 Å². The topological polar surface area (TPSA) is 41.1 Å². The largest absolute Gasteiger partial charge is 0.371 e. The summed E-state index contributed by atoms with van der Waals surface area (Å²) in [4.78, 5) is 11.7. The van der Waals surface area contributed by atoms with E-state index in [1.807, 2.05) is 19.1 Å². The first kappa shape index (κ1) is 15.4. The number of hydrogen-bond donors (Lipinski definition) is 2. The highest BCUT2D eigenvalue weighted by Crippen LogP contribution is 2.23. The molecule has 0 heterocycles. The Morgan fingerprint density at radius 3 is 2.29 bits per heavy atom. The second-order valence-electron chi connectivity index (χ2n) is 4.51. The molecule has 0 aliphatic heterocycles. The third-order valence-electron chi connectivity index (χ3n) is 2.77. The highest BCUT2D eigenvalue weighted by molar-refractivity contribution is 9.10. The number of amides is 1. The Labute approximate surface area is 129 Å². The lowest BCUT2D eigenvalue weighted by atomic mass is 10.2. The molecule has 2 aromatic rings. The number of rotatable bonds is 4. The molecule has 0 unspecified atom stereocenters. The SMILES string of the molecule is Cc1ccc(NC(=O)CNc2c(F)cc(Br)cc2F)cc1. The zero-order valence-corrected chi connectivity index (χ0v) is 12.8. The van der Waals surface area contributed by atoms with E-state index in [1.165, 1.54) is 0 Å². The van der Waals surface area contributed by atoms with Crippen molar-refractivity contribution in [3.05, 3.63) is 58.1 Å². The van der Waals surface area contributed by atoms with Gasteiger partial charge in [-0.05, 0) is 31.2 Å². The number of benzene rings is 2. The fourth-order valence-corrected chi connectivity index (χ4v) is 2.12. The minimum Gasteiger partial charge on any atom is -0.371 e. The molecule has 6 heteroatoms. The van der Waals surface area contributed by atoms with Crippen LogP contribution in [0.2, 0.25) is 0 Å². The number of carbonyl (C=O) groups excluding carboxylic acids is 1. The smallest absolute Gasteiger partial charge is 0.243 e. The Hall–Kier alpha value is -1.95. The summed E-state index contributed by atoms with van der Waals surface area (Å²) in [5.74, 6) is -1.91. The van der Waals surface area contributed by atoms with E-state index >= 15 is 0 Å². The van der Waals surface area contributed by atoms with Gasteiger partial charge in [-0.2, -0.15) is 0 Å². The van der Waals surface area contributed by atoms with Gasteiger partial charge in [0.15, 0.2) is 0 Å². The van der Waals surface area contributed by atoms with Gasteiger partial charge in [0.25, 0.3) is 0 Å². The molecule has 0 fully saturated rings. The number of aryl methyl sites for hydroxylation is 1. The van der Waals surface area contributed by atoms with Crippen molar-refractivity contribution < 1.29 is 13.6 Å². The number of anilines is 2. The van der Waals surface area contributed by atoms with E-state index in [0.29, 0.717) is 10.2 Å². The van der Waals surface area contributed by atoms with Gasteiger partial charge >= 0.3 is 0 Å². The molecule has 0 saturated carbocycles. The van der Waals surface area contributed by atoms with Crippen LogP contribution in [0.15, 0.2) is 40.9 Å². The second-order valence-corrected chi connectivity index (χ2v) is 5.43. The van der Waals surface area contributed by atoms with Gasteiger partial charge in [-0.1, -0.05) is 33.6 Å². The molecule has 0 aliphatic carbocycles. The van der Waals surface area contributed by atoms with E-state index in [0.717, 1.165) is 17.7 Å². The van der Waals surface area contributed by atoms with Crippen molar-refractivity contribution in [2.75, 3.05) is 17.2 Å². The van der Waals surface area contributed by atoms with Gasteiger partial charge in [-0.15, -0.1) is 0 Å². The maximum Gasteiger partial charge on any atom is 0.243 e. The van der Waals surface area contributed by atoms with Crippen molar-refractivity contribution in [1.29, 1.82) is 0 Å². The maximum absolute atomic E-state index is 13.6. The van der Waals surface area contributed by atoms with Crippen LogP contribution in [0, 0.1) is 18.6 Å². The summed E-state index contributed by atoms with van der Waals surface area (Å²) in [5.41, 5.74) is 1.38. The molecule has 2 rings (SSSR count). The number of nitrogens with one attached hydrogen (secondary N) is 2. The van der Waals surface area contributed by atoms with Crippen molar-refractivity contribution in [1.82, 2.24) is 0 Å². The summed E-state index contributed by atoms with van der Waals surface area (Å²) in [6.45, 7) is 1.70. The van der Waals surface area contributed by atoms with Crippen LogP contribution in [-0.2, 0) is 4.79 Å². The van der Waals surface area contributed by atoms with Crippen molar-refractivity contribution in [2.24, 2.45) is 0 Å². The lowest BCUT2D eigenvalue weighted by Gasteiger charge is -2.10. The molecule has 0 spiro atoms. The average Bonchev–Trinajstić information content (AvgIpc) is 2.40. The summed E-state index contributed by atoms with van der Waals surface area (Å²) in [6, 6.07) is 9.49. The molecule has 0 aliphatic rings. The molecule has 2 aromatic carbocycles. The van der Waals surface area contributed by atoms with E-state index in [-0.39, 0.29) is 18.1 Å². The van der Waals surface area contributed by atoms with Crippen LogP contribution in [-0.4, -0.2) is 12.5 Å². The minimum absolute atomic E-state index is 0.233. The molecular weight excluding hydrogens is 342 g/mol. The standard InChI is InChI=1S/C15H13BrF2N2O/c1-9-2-4-11(5-3-9)20-14(21)8-19-15-12(17)6-10(16)7-13(15)18/h2-7,19H,8H2,1H3,(H,20,21). The van der Waals surface area contributed by atoms with Gasteiger partial charge in [0.05, 0.1) is 6.54 Å². The van der Waals surface area contributed by atoms with Crippen molar-refractivity contribution in [2.45, 2.75) is 6.92 Å².